The molecular formula is C12H18N2O4. The molecule has 0 radical (unpaired) electrons. The lowest BCUT2D eigenvalue weighted by molar-refractivity contribution is -0.177. The predicted octanol–water partition coefficient (Wildman–Crippen LogP) is 0.649. The molecule has 0 saturated carbocycles. The summed E-state index contributed by atoms with van der Waals surface area (Å²) in [5.41, 5.74) is 0. The van der Waals surface area contributed by atoms with Gasteiger partial charge in [-0.15, -0.1) is 0 Å². The molecule has 0 N–H and O–H groups in total. The van der Waals surface area contributed by atoms with E-state index >= 15 is 0 Å². The maximum atomic E-state index is 12.2. The average molecular weight is 254 g/mol. The van der Waals surface area contributed by atoms with Crippen LogP contribution in [0.15, 0.2) is 12.2 Å². The number of nitrogens with zero attached hydrogens (tertiary/aromatic N) is 2. The second-order valence-electron chi connectivity index (χ2n) is 4.62. The van der Waals surface area contributed by atoms with E-state index in [9.17, 15) is 9.59 Å². The summed E-state index contributed by atoms with van der Waals surface area (Å²) in [7, 11) is 4.39. The molecule has 2 amide bonds. The lowest BCUT2D eigenvalue weighted by Gasteiger charge is -2.45. The summed E-state index contributed by atoms with van der Waals surface area (Å²) in [4.78, 5) is 30.4. The van der Waals surface area contributed by atoms with Gasteiger partial charge in [0.25, 0.3) is 5.91 Å². The van der Waals surface area contributed by atoms with Gasteiger partial charge in [-0.3, -0.25) is 9.63 Å². The molecule has 6 heteroatoms. The number of amides is 2. The fourth-order valence-corrected chi connectivity index (χ4v) is 2.66. The van der Waals surface area contributed by atoms with Crippen molar-refractivity contribution in [3.63, 3.8) is 0 Å². The van der Waals surface area contributed by atoms with Crippen LogP contribution >= 0.6 is 0 Å². The largest absolute Gasteiger partial charge is 0.453 e. The molecule has 1 saturated heterocycles. The molecule has 2 heterocycles. The highest BCUT2D eigenvalue weighted by atomic mass is 16.7. The van der Waals surface area contributed by atoms with E-state index in [0.29, 0.717) is 6.54 Å². The topological polar surface area (TPSA) is 59.1 Å². The number of methoxy groups -OCH3 is 1. The van der Waals surface area contributed by atoms with Crippen LogP contribution in [0.3, 0.4) is 0 Å². The highest BCUT2D eigenvalue weighted by Gasteiger charge is 2.44. The van der Waals surface area contributed by atoms with E-state index in [4.69, 9.17) is 9.57 Å². The Morgan fingerprint density at radius 2 is 2.06 bits per heavy atom. The highest BCUT2D eigenvalue weighted by molar-refractivity contribution is 5.80. The summed E-state index contributed by atoms with van der Waals surface area (Å²) in [5.74, 6) is -0.142. The van der Waals surface area contributed by atoms with E-state index in [1.807, 2.05) is 6.08 Å². The molecule has 0 aromatic heterocycles. The number of hydroxylamine groups is 2. The first kappa shape index (κ1) is 12.9. The van der Waals surface area contributed by atoms with Crippen LogP contribution in [0, 0.1) is 11.8 Å². The molecule has 2 bridgehead atoms. The van der Waals surface area contributed by atoms with Gasteiger partial charge in [-0.2, -0.15) is 0 Å². The van der Waals surface area contributed by atoms with Crippen molar-refractivity contribution < 1.29 is 19.2 Å². The van der Waals surface area contributed by atoms with Crippen molar-refractivity contribution in [1.82, 2.24) is 9.96 Å². The lowest BCUT2D eigenvalue weighted by Crippen LogP contribution is -2.56. The van der Waals surface area contributed by atoms with Crippen molar-refractivity contribution in [2.75, 3.05) is 27.8 Å². The first-order valence-electron chi connectivity index (χ1n) is 5.93. The van der Waals surface area contributed by atoms with E-state index in [-0.39, 0.29) is 29.9 Å². The molecule has 0 spiro atoms. The first-order valence-corrected chi connectivity index (χ1v) is 5.93. The van der Waals surface area contributed by atoms with Crippen LogP contribution in [-0.4, -0.2) is 55.8 Å². The molecule has 0 aromatic carbocycles. The first-order chi connectivity index (χ1) is 8.58. The third kappa shape index (κ3) is 2.08. The molecule has 100 valence electrons. The van der Waals surface area contributed by atoms with E-state index in [1.165, 1.54) is 19.3 Å². The molecule has 2 aliphatic heterocycles. The Labute approximate surface area is 106 Å². The Hall–Kier alpha value is -1.56. The number of rotatable bonds is 2. The second kappa shape index (κ2) is 4.97. The number of hydrogen-bond acceptors (Lipinski definition) is 4. The molecule has 3 atom stereocenters. The average Bonchev–Trinajstić information content (AvgIpc) is 2.44. The summed E-state index contributed by atoms with van der Waals surface area (Å²) < 4.78 is 4.75. The number of hydrogen-bond donors (Lipinski definition) is 0. The van der Waals surface area contributed by atoms with Gasteiger partial charge in [0.2, 0.25) is 0 Å². The molecule has 0 aromatic rings. The minimum absolute atomic E-state index is 0.106. The third-order valence-electron chi connectivity index (χ3n) is 3.65. The quantitative estimate of drug-likeness (QED) is 0.536. The number of piperidine rings is 1. The zero-order chi connectivity index (χ0) is 13.3. The Balaban J connectivity index is 2.17. The van der Waals surface area contributed by atoms with Crippen LogP contribution in [0.1, 0.15) is 6.42 Å². The molecule has 1 fully saturated rings. The van der Waals surface area contributed by atoms with Crippen molar-refractivity contribution >= 4 is 12.0 Å². The molecule has 3 rings (SSSR count). The monoisotopic (exact) mass is 254 g/mol. The van der Waals surface area contributed by atoms with Gasteiger partial charge in [0.1, 0.15) is 0 Å². The summed E-state index contributed by atoms with van der Waals surface area (Å²) in [5, 5.41) is 1.22. The minimum Gasteiger partial charge on any atom is -0.453 e. The predicted molar refractivity (Wildman–Crippen MR) is 63.4 cm³/mol. The van der Waals surface area contributed by atoms with Crippen LogP contribution in [0.25, 0.3) is 0 Å². The van der Waals surface area contributed by atoms with Crippen LogP contribution in [0.4, 0.5) is 4.79 Å². The van der Waals surface area contributed by atoms with Crippen molar-refractivity contribution in [3.8, 4) is 0 Å². The van der Waals surface area contributed by atoms with Crippen LogP contribution in [-0.2, 0) is 14.4 Å². The normalized spacial score (nSPS) is 29.3. The number of carbonyl (C=O) groups excluding carboxylic acids is 2. The number of carbonyl (C=O) groups is 2. The Kier molecular flexibility index (Phi) is 3.56. The summed E-state index contributed by atoms with van der Waals surface area (Å²) in [6, 6.07) is -0.229. The van der Waals surface area contributed by atoms with Gasteiger partial charge in [-0.05, 0) is 12.3 Å². The van der Waals surface area contributed by atoms with Gasteiger partial charge in [0.05, 0.1) is 26.2 Å². The highest BCUT2D eigenvalue weighted by Crippen LogP contribution is 2.35. The second-order valence-corrected chi connectivity index (χ2v) is 4.62. The Bertz CT molecular complexity index is 382. The Morgan fingerprint density at radius 3 is 2.61 bits per heavy atom. The molecule has 6 nitrogen and oxygen atoms in total. The minimum atomic E-state index is -0.382. The maximum absolute atomic E-state index is 12.2. The van der Waals surface area contributed by atoms with Gasteiger partial charge in [0, 0.05) is 13.6 Å². The number of fused-ring (bicyclic) bond motifs is 2. The molecule has 18 heavy (non-hydrogen) atoms. The van der Waals surface area contributed by atoms with Crippen LogP contribution in [0.5, 0.6) is 0 Å². The van der Waals surface area contributed by atoms with E-state index < -0.39 is 0 Å². The SMILES string of the molecule is COC(=O)N1CC2C=C[C@H]1C(C(=O)N(C)OC)C2. The fraction of sp³-hybridized carbons (Fsp3) is 0.667. The van der Waals surface area contributed by atoms with Gasteiger partial charge >= 0.3 is 6.09 Å². The lowest BCUT2D eigenvalue weighted by atomic mass is 9.77. The molecule has 2 unspecified atom stereocenters. The van der Waals surface area contributed by atoms with Crippen LogP contribution < -0.4 is 0 Å². The Morgan fingerprint density at radius 1 is 1.33 bits per heavy atom. The van der Waals surface area contributed by atoms with Crippen molar-refractivity contribution in [2.45, 2.75) is 12.5 Å². The summed E-state index contributed by atoms with van der Waals surface area (Å²) >= 11 is 0. The standard InChI is InChI=1S/C12H18N2O4/c1-13(18-3)11(15)9-6-8-4-5-10(9)14(7-8)12(16)17-2/h4-5,8-10H,6-7H2,1-3H3/t8?,9?,10-/m0/s1. The van der Waals surface area contributed by atoms with Crippen molar-refractivity contribution in [1.29, 1.82) is 0 Å². The fourth-order valence-electron chi connectivity index (χ4n) is 2.66. The van der Waals surface area contributed by atoms with Gasteiger partial charge in [0.15, 0.2) is 0 Å². The van der Waals surface area contributed by atoms with Gasteiger partial charge in [-0.25, -0.2) is 9.86 Å². The van der Waals surface area contributed by atoms with Gasteiger partial charge < -0.3 is 9.64 Å². The molecule has 1 aliphatic carbocycles. The van der Waals surface area contributed by atoms with E-state index in [0.717, 1.165) is 6.42 Å². The summed E-state index contributed by atoms with van der Waals surface area (Å²) in [6.07, 6.45) is 4.36. The van der Waals surface area contributed by atoms with Crippen molar-refractivity contribution in [3.05, 3.63) is 12.2 Å². The zero-order valence-corrected chi connectivity index (χ0v) is 10.8. The zero-order valence-electron chi connectivity index (χ0n) is 10.8. The third-order valence-corrected chi connectivity index (χ3v) is 3.65. The summed E-state index contributed by atoms with van der Waals surface area (Å²) in [6.45, 7) is 0.619. The van der Waals surface area contributed by atoms with E-state index in [1.54, 1.807) is 11.9 Å². The molecular weight excluding hydrogens is 236 g/mol. The van der Waals surface area contributed by atoms with E-state index in [2.05, 4.69) is 6.08 Å². The maximum Gasteiger partial charge on any atom is 0.410 e. The van der Waals surface area contributed by atoms with Gasteiger partial charge in [-0.1, -0.05) is 12.2 Å². The van der Waals surface area contributed by atoms with Crippen molar-refractivity contribution in [2.24, 2.45) is 11.8 Å². The molecule has 3 aliphatic rings. The van der Waals surface area contributed by atoms with Crippen LogP contribution in [0.2, 0.25) is 0 Å². The number of ether oxygens (including phenoxy) is 1. The smallest absolute Gasteiger partial charge is 0.410 e.